The van der Waals surface area contributed by atoms with Gasteiger partial charge in [-0.2, -0.15) is 0 Å². The molecule has 1 aliphatic heterocycles. The van der Waals surface area contributed by atoms with Crippen LogP contribution in [0.4, 0.5) is 4.39 Å². The zero-order valence-electron chi connectivity index (χ0n) is 11.0. The molecule has 3 nitrogen and oxygen atoms in total. The number of benzene rings is 1. The van der Waals surface area contributed by atoms with Gasteiger partial charge in [0.2, 0.25) is 0 Å². The average Bonchev–Trinajstić information content (AvgIpc) is 2.66. The van der Waals surface area contributed by atoms with E-state index < -0.39 is 5.82 Å². The van der Waals surface area contributed by atoms with E-state index in [1.165, 1.54) is 18.2 Å². The van der Waals surface area contributed by atoms with E-state index in [9.17, 15) is 9.18 Å². The molecule has 1 aromatic rings. The van der Waals surface area contributed by atoms with Crippen LogP contribution in [0.3, 0.4) is 0 Å². The monoisotopic (exact) mass is 284 g/mol. The Morgan fingerprint density at radius 1 is 1.32 bits per heavy atom. The number of carbonyl (C=O) groups is 1. The van der Waals surface area contributed by atoms with Gasteiger partial charge in [-0.25, -0.2) is 4.39 Å². The standard InChI is InChI=1S/C14H18ClFN2O/c1-2-17-6-3-7-18(9-8-17)14(19)12-10-11(15)4-5-13(12)16/h4-5,10H,2-3,6-9H2,1H3. The lowest BCUT2D eigenvalue weighted by Gasteiger charge is -2.21. The first-order valence-electron chi connectivity index (χ1n) is 6.58. The minimum atomic E-state index is -0.508. The third kappa shape index (κ3) is 3.45. The van der Waals surface area contributed by atoms with Crippen LogP contribution in [0.1, 0.15) is 23.7 Å². The van der Waals surface area contributed by atoms with Gasteiger partial charge in [0, 0.05) is 24.7 Å². The highest BCUT2D eigenvalue weighted by atomic mass is 35.5. The molecule has 1 saturated heterocycles. The topological polar surface area (TPSA) is 23.6 Å². The minimum absolute atomic E-state index is 0.0671. The highest BCUT2D eigenvalue weighted by molar-refractivity contribution is 6.31. The molecule has 0 bridgehead atoms. The van der Waals surface area contributed by atoms with Crippen LogP contribution in [0, 0.1) is 5.82 Å². The SMILES string of the molecule is CCN1CCCN(C(=O)c2cc(Cl)ccc2F)CC1. The van der Waals surface area contributed by atoms with Crippen molar-refractivity contribution in [1.82, 2.24) is 9.80 Å². The summed E-state index contributed by atoms with van der Waals surface area (Å²) in [5.41, 5.74) is 0.0671. The smallest absolute Gasteiger partial charge is 0.256 e. The van der Waals surface area contributed by atoms with E-state index in [-0.39, 0.29) is 11.5 Å². The number of carbonyl (C=O) groups excluding carboxylic acids is 1. The second kappa shape index (κ2) is 6.35. The van der Waals surface area contributed by atoms with Crippen molar-refractivity contribution in [2.75, 3.05) is 32.7 Å². The summed E-state index contributed by atoms with van der Waals surface area (Å²) in [6, 6.07) is 4.10. The van der Waals surface area contributed by atoms with Gasteiger partial charge in [-0.3, -0.25) is 4.79 Å². The molecule has 2 rings (SSSR count). The molecule has 0 saturated carbocycles. The third-order valence-electron chi connectivity index (χ3n) is 3.48. The van der Waals surface area contributed by atoms with Crippen molar-refractivity contribution in [1.29, 1.82) is 0 Å². The van der Waals surface area contributed by atoms with Crippen LogP contribution in [0.25, 0.3) is 0 Å². The molecule has 0 aromatic heterocycles. The van der Waals surface area contributed by atoms with E-state index in [2.05, 4.69) is 11.8 Å². The number of amides is 1. The van der Waals surface area contributed by atoms with Crippen LogP contribution in [0.5, 0.6) is 0 Å². The first-order valence-corrected chi connectivity index (χ1v) is 6.96. The van der Waals surface area contributed by atoms with Crippen molar-refractivity contribution in [3.8, 4) is 0 Å². The minimum Gasteiger partial charge on any atom is -0.337 e. The van der Waals surface area contributed by atoms with Crippen molar-refractivity contribution in [3.05, 3.63) is 34.6 Å². The Kier molecular flexibility index (Phi) is 4.77. The molecule has 1 heterocycles. The molecule has 1 fully saturated rings. The predicted octanol–water partition coefficient (Wildman–Crippen LogP) is 2.65. The van der Waals surface area contributed by atoms with Crippen LogP contribution in [-0.4, -0.2) is 48.4 Å². The normalized spacial score (nSPS) is 17.3. The van der Waals surface area contributed by atoms with E-state index in [0.29, 0.717) is 18.1 Å². The molecule has 5 heteroatoms. The first-order chi connectivity index (χ1) is 9.11. The Balaban J connectivity index is 2.13. The van der Waals surface area contributed by atoms with Gasteiger partial charge in [0.25, 0.3) is 5.91 Å². The lowest BCUT2D eigenvalue weighted by atomic mass is 10.2. The number of rotatable bonds is 2. The zero-order valence-corrected chi connectivity index (χ0v) is 11.8. The van der Waals surface area contributed by atoms with Crippen molar-refractivity contribution in [2.24, 2.45) is 0 Å². The van der Waals surface area contributed by atoms with Crippen molar-refractivity contribution in [3.63, 3.8) is 0 Å². The van der Waals surface area contributed by atoms with Crippen molar-refractivity contribution >= 4 is 17.5 Å². The second-order valence-electron chi connectivity index (χ2n) is 4.70. The summed E-state index contributed by atoms with van der Waals surface area (Å²) >= 11 is 5.83. The van der Waals surface area contributed by atoms with Gasteiger partial charge in [-0.05, 0) is 37.7 Å². The van der Waals surface area contributed by atoms with Gasteiger partial charge in [0.05, 0.1) is 5.56 Å². The van der Waals surface area contributed by atoms with E-state index in [1.807, 2.05) is 0 Å². The summed E-state index contributed by atoms with van der Waals surface area (Å²) in [6.45, 7) is 6.21. The summed E-state index contributed by atoms with van der Waals surface area (Å²) in [6.07, 6.45) is 0.918. The number of hydrogen-bond acceptors (Lipinski definition) is 2. The fourth-order valence-electron chi connectivity index (χ4n) is 2.32. The molecule has 1 aliphatic rings. The maximum absolute atomic E-state index is 13.7. The predicted molar refractivity (Wildman–Crippen MR) is 74.0 cm³/mol. The van der Waals surface area contributed by atoms with Crippen LogP contribution in [0.15, 0.2) is 18.2 Å². The highest BCUT2D eigenvalue weighted by Gasteiger charge is 2.22. The lowest BCUT2D eigenvalue weighted by Crippen LogP contribution is -2.35. The summed E-state index contributed by atoms with van der Waals surface area (Å²) in [5.74, 6) is -0.774. The maximum atomic E-state index is 13.7. The number of hydrogen-bond donors (Lipinski definition) is 0. The molecule has 104 valence electrons. The second-order valence-corrected chi connectivity index (χ2v) is 5.14. The molecule has 1 aromatic carbocycles. The van der Waals surface area contributed by atoms with Crippen molar-refractivity contribution < 1.29 is 9.18 Å². The Morgan fingerprint density at radius 2 is 2.11 bits per heavy atom. The summed E-state index contributed by atoms with van der Waals surface area (Å²) < 4.78 is 13.7. The maximum Gasteiger partial charge on any atom is 0.256 e. The van der Waals surface area contributed by atoms with Gasteiger partial charge >= 0.3 is 0 Å². The fraction of sp³-hybridized carbons (Fsp3) is 0.500. The fourth-order valence-corrected chi connectivity index (χ4v) is 2.49. The molecule has 0 aliphatic carbocycles. The molecule has 19 heavy (non-hydrogen) atoms. The summed E-state index contributed by atoms with van der Waals surface area (Å²) in [7, 11) is 0. The Bertz CT molecular complexity index is 467. The molecule has 0 atom stereocenters. The Hall–Kier alpha value is -1.13. The molecule has 1 amide bonds. The molecule has 0 N–H and O–H groups in total. The zero-order chi connectivity index (χ0) is 13.8. The largest absolute Gasteiger partial charge is 0.337 e. The number of likely N-dealkylation sites (N-methyl/N-ethyl adjacent to an activating group) is 1. The van der Waals surface area contributed by atoms with E-state index in [4.69, 9.17) is 11.6 Å². The van der Waals surface area contributed by atoms with Crippen molar-refractivity contribution in [2.45, 2.75) is 13.3 Å². The quantitative estimate of drug-likeness (QED) is 0.834. The molecule has 0 radical (unpaired) electrons. The molecule has 0 spiro atoms. The summed E-state index contributed by atoms with van der Waals surface area (Å²) in [5, 5.41) is 0.384. The lowest BCUT2D eigenvalue weighted by molar-refractivity contribution is 0.0757. The number of nitrogens with zero attached hydrogens (tertiary/aromatic N) is 2. The van der Waals surface area contributed by atoms with Crippen LogP contribution in [0.2, 0.25) is 5.02 Å². The molecular weight excluding hydrogens is 267 g/mol. The summed E-state index contributed by atoms with van der Waals surface area (Å²) in [4.78, 5) is 16.3. The molecular formula is C14H18ClFN2O. The van der Waals surface area contributed by atoms with Crippen LogP contribution >= 0.6 is 11.6 Å². The Morgan fingerprint density at radius 3 is 2.84 bits per heavy atom. The van der Waals surface area contributed by atoms with E-state index in [0.717, 1.165) is 26.1 Å². The van der Waals surface area contributed by atoms with Gasteiger partial charge in [-0.15, -0.1) is 0 Å². The van der Waals surface area contributed by atoms with Gasteiger partial charge < -0.3 is 9.80 Å². The highest BCUT2D eigenvalue weighted by Crippen LogP contribution is 2.17. The van der Waals surface area contributed by atoms with E-state index in [1.54, 1.807) is 4.90 Å². The number of halogens is 2. The molecule has 0 unspecified atom stereocenters. The average molecular weight is 285 g/mol. The van der Waals surface area contributed by atoms with Crippen LogP contribution in [-0.2, 0) is 0 Å². The van der Waals surface area contributed by atoms with Gasteiger partial charge in [0.1, 0.15) is 5.82 Å². The van der Waals surface area contributed by atoms with Gasteiger partial charge in [0.15, 0.2) is 0 Å². The Labute approximate surface area is 117 Å². The first kappa shape index (κ1) is 14.3. The van der Waals surface area contributed by atoms with E-state index >= 15 is 0 Å². The third-order valence-corrected chi connectivity index (χ3v) is 3.72. The van der Waals surface area contributed by atoms with Gasteiger partial charge in [-0.1, -0.05) is 18.5 Å². The van der Waals surface area contributed by atoms with Crippen LogP contribution < -0.4 is 0 Å².